The molecule has 1 aromatic heterocycles. The Bertz CT molecular complexity index is 328. The average molecular weight is 201 g/mol. The molecule has 0 radical (unpaired) electrons. The van der Waals surface area contributed by atoms with Crippen molar-refractivity contribution in [2.45, 2.75) is 20.3 Å². The SMILES string of the molecule is CCc1nc(Cl)nc(NC(C)=O)n1. The van der Waals surface area contributed by atoms with Crippen LogP contribution in [0.15, 0.2) is 0 Å². The zero-order valence-corrected chi connectivity index (χ0v) is 8.09. The highest BCUT2D eigenvalue weighted by molar-refractivity contribution is 6.28. The van der Waals surface area contributed by atoms with Gasteiger partial charge in [-0.1, -0.05) is 6.92 Å². The molecule has 1 N–H and O–H groups in total. The number of nitrogens with one attached hydrogen (secondary N) is 1. The van der Waals surface area contributed by atoms with Crippen molar-refractivity contribution >= 4 is 23.5 Å². The minimum atomic E-state index is -0.232. The van der Waals surface area contributed by atoms with Crippen LogP contribution in [-0.2, 0) is 11.2 Å². The van der Waals surface area contributed by atoms with Crippen LogP contribution < -0.4 is 5.32 Å². The van der Waals surface area contributed by atoms with Gasteiger partial charge in [0.15, 0.2) is 0 Å². The molecule has 0 aromatic carbocycles. The van der Waals surface area contributed by atoms with E-state index in [1.807, 2.05) is 6.92 Å². The number of halogens is 1. The number of aromatic nitrogens is 3. The molecule has 1 rings (SSSR count). The molecule has 6 heteroatoms. The molecular weight excluding hydrogens is 192 g/mol. The highest BCUT2D eigenvalue weighted by atomic mass is 35.5. The summed E-state index contributed by atoms with van der Waals surface area (Å²) in [7, 11) is 0. The second kappa shape index (κ2) is 4.13. The van der Waals surface area contributed by atoms with Gasteiger partial charge in [0.25, 0.3) is 0 Å². The average Bonchev–Trinajstić information content (AvgIpc) is 2.01. The number of rotatable bonds is 2. The van der Waals surface area contributed by atoms with Crippen LogP contribution in [0.2, 0.25) is 5.28 Å². The molecule has 0 spiro atoms. The molecule has 0 fully saturated rings. The van der Waals surface area contributed by atoms with Gasteiger partial charge in [-0.3, -0.25) is 10.1 Å². The van der Waals surface area contributed by atoms with Gasteiger partial charge in [0.05, 0.1) is 0 Å². The Labute approximate surface area is 80.6 Å². The van der Waals surface area contributed by atoms with E-state index < -0.39 is 0 Å². The van der Waals surface area contributed by atoms with Gasteiger partial charge in [-0.25, -0.2) is 4.98 Å². The first-order chi connectivity index (χ1) is 6.11. The van der Waals surface area contributed by atoms with E-state index in [1.165, 1.54) is 6.92 Å². The van der Waals surface area contributed by atoms with Gasteiger partial charge < -0.3 is 0 Å². The van der Waals surface area contributed by atoms with Gasteiger partial charge in [-0.2, -0.15) is 9.97 Å². The van der Waals surface area contributed by atoms with E-state index in [0.29, 0.717) is 12.2 Å². The van der Waals surface area contributed by atoms with Crippen LogP contribution in [0.1, 0.15) is 19.7 Å². The Morgan fingerprint density at radius 3 is 2.69 bits per heavy atom. The number of carbonyl (C=O) groups excluding carboxylic acids is 1. The van der Waals surface area contributed by atoms with Crippen molar-refractivity contribution in [2.75, 3.05) is 5.32 Å². The summed E-state index contributed by atoms with van der Waals surface area (Å²) in [5, 5.41) is 2.53. The lowest BCUT2D eigenvalue weighted by Crippen LogP contribution is -2.11. The van der Waals surface area contributed by atoms with Crippen molar-refractivity contribution in [1.29, 1.82) is 0 Å². The van der Waals surface area contributed by atoms with E-state index in [4.69, 9.17) is 11.6 Å². The maximum Gasteiger partial charge on any atom is 0.233 e. The third-order valence-electron chi connectivity index (χ3n) is 1.26. The number of nitrogens with zero attached hydrogens (tertiary/aromatic N) is 3. The fourth-order valence-corrected chi connectivity index (χ4v) is 0.940. The third kappa shape index (κ3) is 2.95. The number of carbonyl (C=O) groups is 1. The number of amides is 1. The highest BCUT2D eigenvalue weighted by Gasteiger charge is 2.03. The van der Waals surface area contributed by atoms with Crippen LogP contribution in [0.25, 0.3) is 0 Å². The van der Waals surface area contributed by atoms with Crippen molar-refractivity contribution in [3.05, 3.63) is 11.1 Å². The first-order valence-corrected chi connectivity index (χ1v) is 4.17. The van der Waals surface area contributed by atoms with Crippen molar-refractivity contribution in [3.8, 4) is 0 Å². The molecule has 13 heavy (non-hydrogen) atoms. The molecule has 1 aromatic rings. The summed E-state index contributed by atoms with van der Waals surface area (Å²) in [5.41, 5.74) is 0. The fourth-order valence-electron chi connectivity index (χ4n) is 0.763. The topological polar surface area (TPSA) is 67.8 Å². The molecule has 1 heterocycles. The minimum Gasteiger partial charge on any atom is -0.295 e. The molecule has 0 aliphatic rings. The smallest absolute Gasteiger partial charge is 0.233 e. The summed E-state index contributed by atoms with van der Waals surface area (Å²) < 4.78 is 0. The fraction of sp³-hybridized carbons (Fsp3) is 0.429. The summed E-state index contributed by atoms with van der Waals surface area (Å²) in [6.45, 7) is 3.27. The van der Waals surface area contributed by atoms with Gasteiger partial charge in [0, 0.05) is 13.3 Å². The first kappa shape index (κ1) is 9.85. The van der Waals surface area contributed by atoms with E-state index in [-0.39, 0.29) is 17.1 Å². The number of anilines is 1. The first-order valence-electron chi connectivity index (χ1n) is 3.80. The van der Waals surface area contributed by atoms with Crippen LogP contribution in [0, 0.1) is 0 Å². The van der Waals surface area contributed by atoms with Crippen LogP contribution in [0.4, 0.5) is 5.95 Å². The van der Waals surface area contributed by atoms with Crippen LogP contribution >= 0.6 is 11.6 Å². The zero-order valence-electron chi connectivity index (χ0n) is 7.33. The summed E-state index contributed by atoms with van der Waals surface area (Å²) in [6.07, 6.45) is 0.648. The van der Waals surface area contributed by atoms with Gasteiger partial charge >= 0.3 is 0 Å². The summed E-state index contributed by atoms with van der Waals surface area (Å²) in [5.74, 6) is 0.525. The lowest BCUT2D eigenvalue weighted by Gasteiger charge is -2.01. The van der Waals surface area contributed by atoms with Crippen LogP contribution in [0.3, 0.4) is 0 Å². The van der Waals surface area contributed by atoms with Gasteiger partial charge in [-0.05, 0) is 11.6 Å². The van der Waals surface area contributed by atoms with Gasteiger partial charge in [-0.15, -0.1) is 0 Å². The van der Waals surface area contributed by atoms with Crippen molar-refractivity contribution in [1.82, 2.24) is 15.0 Å². The standard InChI is InChI=1S/C7H9ClN4O/c1-3-5-10-6(8)12-7(11-5)9-4(2)13/h3H2,1-2H3,(H,9,10,11,12,13). The van der Waals surface area contributed by atoms with Crippen LogP contribution in [0.5, 0.6) is 0 Å². The monoisotopic (exact) mass is 200 g/mol. The molecule has 0 saturated heterocycles. The molecule has 70 valence electrons. The van der Waals surface area contributed by atoms with E-state index in [9.17, 15) is 4.79 Å². The molecule has 0 atom stereocenters. The van der Waals surface area contributed by atoms with Crippen LogP contribution in [-0.4, -0.2) is 20.9 Å². The number of aryl methyl sites for hydroxylation is 1. The number of hydrogen-bond acceptors (Lipinski definition) is 4. The Morgan fingerprint density at radius 2 is 2.15 bits per heavy atom. The van der Waals surface area contributed by atoms with E-state index in [0.717, 1.165) is 0 Å². The Kier molecular flexibility index (Phi) is 3.13. The maximum atomic E-state index is 10.7. The highest BCUT2D eigenvalue weighted by Crippen LogP contribution is 2.05. The molecule has 0 aliphatic carbocycles. The van der Waals surface area contributed by atoms with Gasteiger partial charge in [0.2, 0.25) is 17.1 Å². The molecule has 0 aliphatic heterocycles. The normalized spacial score (nSPS) is 9.77. The molecule has 1 amide bonds. The van der Waals surface area contributed by atoms with E-state index >= 15 is 0 Å². The summed E-state index contributed by atoms with van der Waals surface area (Å²) in [4.78, 5) is 22.2. The lowest BCUT2D eigenvalue weighted by atomic mass is 10.5. The minimum absolute atomic E-state index is 0.0931. The predicted molar refractivity (Wildman–Crippen MR) is 48.5 cm³/mol. The van der Waals surface area contributed by atoms with Crippen molar-refractivity contribution in [2.24, 2.45) is 0 Å². The number of hydrogen-bond donors (Lipinski definition) is 1. The summed E-state index contributed by atoms with van der Waals surface area (Å²) >= 11 is 5.60. The molecule has 0 bridgehead atoms. The quantitative estimate of drug-likeness (QED) is 0.775. The second-order valence-electron chi connectivity index (χ2n) is 2.38. The third-order valence-corrected chi connectivity index (χ3v) is 1.43. The molecule has 5 nitrogen and oxygen atoms in total. The Balaban J connectivity index is 2.94. The lowest BCUT2D eigenvalue weighted by molar-refractivity contribution is -0.114. The second-order valence-corrected chi connectivity index (χ2v) is 2.72. The zero-order chi connectivity index (χ0) is 9.84. The Hall–Kier alpha value is -1.23. The molecule has 0 unspecified atom stereocenters. The Morgan fingerprint density at radius 1 is 1.46 bits per heavy atom. The predicted octanol–water partition coefficient (Wildman–Crippen LogP) is 1.05. The maximum absolute atomic E-state index is 10.7. The van der Waals surface area contributed by atoms with Crippen molar-refractivity contribution < 1.29 is 4.79 Å². The largest absolute Gasteiger partial charge is 0.295 e. The van der Waals surface area contributed by atoms with E-state index in [2.05, 4.69) is 20.3 Å². The van der Waals surface area contributed by atoms with Crippen molar-refractivity contribution in [3.63, 3.8) is 0 Å². The summed E-state index contributed by atoms with van der Waals surface area (Å²) in [6, 6.07) is 0. The van der Waals surface area contributed by atoms with E-state index in [1.54, 1.807) is 0 Å². The molecular formula is C7H9ClN4O. The van der Waals surface area contributed by atoms with Gasteiger partial charge in [0.1, 0.15) is 5.82 Å². The molecule has 0 saturated carbocycles.